The molecule has 1 aromatic carbocycles. The van der Waals surface area contributed by atoms with Gasteiger partial charge in [-0.05, 0) is 36.5 Å². The maximum Gasteiger partial charge on any atom is 0.176 e. The molecular weight excluding hydrogens is 273 g/mol. The van der Waals surface area contributed by atoms with Gasteiger partial charge in [0.05, 0.1) is 12.1 Å². The summed E-state index contributed by atoms with van der Waals surface area (Å²) in [4.78, 5) is 0. The molecule has 1 aliphatic rings. The number of methoxy groups -OCH3 is 1. The van der Waals surface area contributed by atoms with Gasteiger partial charge in [0, 0.05) is 6.04 Å². The van der Waals surface area contributed by atoms with Crippen molar-refractivity contribution < 1.29 is 9.84 Å². The average molecular weight is 292 g/mol. The third-order valence-electron chi connectivity index (χ3n) is 3.56. The molecule has 0 aliphatic heterocycles. The lowest BCUT2D eigenvalue weighted by molar-refractivity contribution is 0.370. The Morgan fingerprint density at radius 3 is 2.56 bits per heavy atom. The Morgan fingerprint density at radius 1 is 1.39 bits per heavy atom. The second kappa shape index (κ2) is 6.50. The van der Waals surface area contributed by atoms with Crippen LogP contribution in [0.1, 0.15) is 37.3 Å². The van der Waals surface area contributed by atoms with E-state index in [9.17, 15) is 5.11 Å². The van der Waals surface area contributed by atoms with E-state index >= 15 is 0 Å². The summed E-state index contributed by atoms with van der Waals surface area (Å²) < 4.78 is 5.09. The van der Waals surface area contributed by atoms with E-state index in [1.54, 1.807) is 12.1 Å². The van der Waals surface area contributed by atoms with Crippen molar-refractivity contribution in [1.29, 1.82) is 0 Å². The van der Waals surface area contributed by atoms with Crippen LogP contribution in [0.2, 0.25) is 5.02 Å². The van der Waals surface area contributed by atoms with Crippen LogP contribution in [0.15, 0.2) is 12.1 Å². The lowest BCUT2D eigenvalue weighted by Crippen LogP contribution is -2.19. The minimum atomic E-state index is -0.0236. The van der Waals surface area contributed by atoms with Gasteiger partial charge in [-0.25, -0.2) is 0 Å². The summed E-state index contributed by atoms with van der Waals surface area (Å²) in [5, 5.41) is 9.97. The molecule has 1 atom stereocenters. The summed E-state index contributed by atoms with van der Waals surface area (Å²) in [6.07, 6.45) is 4.84. The summed E-state index contributed by atoms with van der Waals surface area (Å²) >= 11 is 5.96. The summed E-state index contributed by atoms with van der Waals surface area (Å²) in [6.45, 7) is 0. The molecule has 1 fully saturated rings. The van der Waals surface area contributed by atoms with Gasteiger partial charge < -0.3 is 15.6 Å². The van der Waals surface area contributed by atoms with Crippen LogP contribution >= 0.6 is 24.0 Å². The Bertz CT molecular complexity index is 406. The SMILES string of the molecule is COc1cc([C@H](N)C2CCCC2)cc(Cl)c1O.Cl. The molecule has 102 valence electrons. The van der Waals surface area contributed by atoms with E-state index in [2.05, 4.69) is 0 Å². The molecule has 0 amide bonds. The Balaban J connectivity index is 0.00000162. The molecule has 0 unspecified atom stereocenters. The van der Waals surface area contributed by atoms with E-state index < -0.39 is 0 Å². The van der Waals surface area contributed by atoms with E-state index in [0.29, 0.717) is 16.7 Å². The first-order chi connectivity index (χ1) is 8.13. The highest BCUT2D eigenvalue weighted by Crippen LogP contribution is 2.40. The zero-order chi connectivity index (χ0) is 12.4. The van der Waals surface area contributed by atoms with Gasteiger partial charge in [-0.15, -0.1) is 12.4 Å². The van der Waals surface area contributed by atoms with Gasteiger partial charge in [-0.2, -0.15) is 0 Å². The lowest BCUT2D eigenvalue weighted by atomic mass is 9.92. The molecule has 5 heteroatoms. The Labute approximate surface area is 119 Å². The highest BCUT2D eigenvalue weighted by atomic mass is 35.5. The van der Waals surface area contributed by atoms with Gasteiger partial charge in [0.1, 0.15) is 0 Å². The number of benzene rings is 1. The largest absolute Gasteiger partial charge is 0.503 e. The summed E-state index contributed by atoms with van der Waals surface area (Å²) in [7, 11) is 1.51. The van der Waals surface area contributed by atoms with Crippen molar-refractivity contribution in [3.05, 3.63) is 22.7 Å². The lowest BCUT2D eigenvalue weighted by Gasteiger charge is -2.20. The molecule has 0 spiro atoms. The van der Waals surface area contributed by atoms with Crippen molar-refractivity contribution in [3.8, 4) is 11.5 Å². The normalized spacial score (nSPS) is 17.3. The zero-order valence-electron chi connectivity index (χ0n) is 10.4. The fraction of sp³-hybridized carbons (Fsp3) is 0.538. The number of phenols is 1. The molecule has 3 nitrogen and oxygen atoms in total. The van der Waals surface area contributed by atoms with Crippen molar-refractivity contribution in [3.63, 3.8) is 0 Å². The maximum absolute atomic E-state index is 9.67. The molecule has 0 saturated heterocycles. The van der Waals surface area contributed by atoms with Crippen molar-refractivity contribution in [2.45, 2.75) is 31.7 Å². The Hall–Kier alpha value is -0.640. The van der Waals surface area contributed by atoms with Gasteiger partial charge in [0.15, 0.2) is 11.5 Å². The molecule has 0 aromatic heterocycles. The number of phenolic OH excluding ortho intramolecular Hbond substituents is 1. The number of aromatic hydroxyl groups is 1. The van der Waals surface area contributed by atoms with Crippen LogP contribution in [-0.2, 0) is 0 Å². The van der Waals surface area contributed by atoms with Crippen LogP contribution in [0, 0.1) is 5.92 Å². The van der Waals surface area contributed by atoms with Crippen molar-refractivity contribution in [2.75, 3.05) is 7.11 Å². The number of halogens is 2. The number of ether oxygens (including phenoxy) is 1. The summed E-state index contributed by atoms with van der Waals surface area (Å²) in [5.74, 6) is 0.887. The summed E-state index contributed by atoms with van der Waals surface area (Å²) in [5.41, 5.74) is 7.19. The standard InChI is InChI=1S/C13H18ClNO2.ClH/c1-17-11-7-9(6-10(14)13(11)16)12(15)8-4-2-3-5-8;/h6-8,12,16H,2-5,15H2,1H3;1H/t12-;/m1./s1. The van der Waals surface area contributed by atoms with Gasteiger partial charge in [-0.1, -0.05) is 24.4 Å². The van der Waals surface area contributed by atoms with Gasteiger partial charge in [0.2, 0.25) is 0 Å². The van der Waals surface area contributed by atoms with Gasteiger partial charge in [-0.3, -0.25) is 0 Å². The highest BCUT2D eigenvalue weighted by Gasteiger charge is 2.24. The first-order valence-corrected chi connectivity index (χ1v) is 6.33. The molecular formula is C13H19Cl2NO2. The predicted octanol–water partition coefficient (Wildman–Crippen LogP) is 3.67. The fourth-order valence-electron chi connectivity index (χ4n) is 2.53. The van der Waals surface area contributed by atoms with Gasteiger partial charge >= 0.3 is 0 Å². The summed E-state index contributed by atoms with van der Waals surface area (Å²) in [6, 6.07) is 3.50. The number of nitrogens with two attached hydrogens (primary N) is 1. The molecule has 3 N–H and O–H groups in total. The van der Waals surface area contributed by atoms with Crippen LogP contribution in [0.4, 0.5) is 0 Å². The number of hydrogen-bond donors (Lipinski definition) is 2. The molecule has 0 bridgehead atoms. The van der Waals surface area contributed by atoms with Crippen molar-refractivity contribution in [2.24, 2.45) is 11.7 Å². The minimum absolute atomic E-state index is 0. The minimum Gasteiger partial charge on any atom is -0.503 e. The first-order valence-electron chi connectivity index (χ1n) is 5.95. The Morgan fingerprint density at radius 2 is 2.00 bits per heavy atom. The highest BCUT2D eigenvalue weighted by molar-refractivity contribution is 6.32. The van der Waals surface area contributed by atoms with Crippen molar-refractivity contribution >= 4 is 24.0 Å². The third kappa shape index (κ3) is 3.02. The Kier molecular flexibility index (Phi) is 5.57. The van der Waals surface area contributed by atoms with E-state index in [4.69, 9.17) is 22.1 Å². The number of rotatable bonds is 3. The molecule has 2 rings (SSSR count). The van der Waals surface area contributed by atoms with Crippen LogP contribution < -0.4 is 10.5 Å². The van der Waals surface area contributed by atoms with E-state index in [1.165, 1.54) is 32.8 Å². The molecule has 1 saturated carbocycles. The van der Waals surface area contributed by atoms with Crippen LogP contribution in [-0.4, -0.2) is 12.2 Å². The van der Waals surface area contributed by atoms with E-state index in [1.807, 2.05) is 0 Å². The fourth-order valence-corrected chi connectivity index (χ4v) is 2.75. The molecule has 1 aromatic rings. The smallest absolute Gasteiger partial charge is 0.176 e. The number of hydrogen-bond acceptors (Lipinski definition) is 3. The van der Waals surface area contributed by atoms with E-state index in [-0.39, 0.29) is 24.2 Å². The molecule has 0 radical (unpaired) electrons. The second-order valence-corrected chi connectivity index (χ2v) is 5.03. The third-order valence-corrected chi connectivity index (χ3v) is 3.85. The zero-order valence-corrected chi connectivity index (χ0v) is 11.9. The van der Waals surface area contributed by atoms with Crippen LogP contribution in [0.3, 0.4) is 0 Å². The van der Waals surface area contributed by atoms with E-state index in [0.717, 1.165) is 5.56 Å². The van der Waals surface area contributed by atoms with Crippen LogP contribution in [0.5, 0.6) is 11.5 Å². The monoisotopic (exact) mass is 291 g/mol. The first kappa shape index (κ1) is 15.4. The van der Waals surface area contributed by atoms with Crippen LogP contribution in [0.25, 0.3) is 0 Å². The average Bonchev–Trinajstić information content (AvgIpc) is 2.85. The topological polar surface area (TPSA) is 55.5 Å². The van der Waals surface area contributed by atoms with Crippen molar-refractivity contribution in [1.82, 2.24) is 0 Å². The van der Waals surface area contributed by atoms with Gasteiger partial charge in [0.25, 0.3) is 0 Å². The quantitative estimate of drug-likeness (QED) is 0.893. The molecule has 18 heavy (non-hydrogen) atoms. The predicted molar refractivity (Wildman–Crippen MR) is 75.8 cm³/mol. The second-order valence-electron chi connectivity index (χ2n) is 4.62. The maximum atomic E-state index is 9.67. The molecule has 1 aliphatic carbocycles. The molecule has 0 heterocycles.